The molecular formula is C16H26N2O2. The number of ether oxygens (including phenoxy) is 1. The summed E-state index contributed by atoms with van der Waals surface area (Å²) in [6, 6.07) is 10.1. The van der Waals surface area contributed by atoms with E-state index in [1.165, 1.54) is 5.56 Å². The summed E-state index contributed by atoms with van der Waals surface area (Å²) >= 11 is 0. The number of nitrogens with one attached hydrogen (secondary N) is 1. The van der Waals surface area contributed by atoms with E-state index < -0.39 is 0 Å². The zero-order valence-electron chi connectivity index (χ0n) is 13.0. The monoisotopic (exact) mass is 278 g/mol. The van der Waals surface area contributed by atoms with E-state index in [2.05, 4.69) is 17.4 Å². The maximum Gasteiger partial charge on any atom is 0.236 e. The summed E-state index contributed by atoms with van der Waals surface area (Å²) in [4.78, 5) is 13.4. The second-order valence-corrected chi connectivity index (χ2v) is 5.79. The van der Waals surface area contributed by atoms with Gasteiger partial charge in [0.15, 0.2) is 0 Å². The molecule has 0 bridgehead atoms. The average molecular weight is 278 g/mol. The topological polar surface area (TPSA) is 41.6 Å². The van der Waals surface area contributed by atoms with Crippen LogP contribution in [0.2, 0.25) is 0 Å². The van der Waals surface area contributed by atoms with Crippen LogP contribution in [0.1, 0.15) is 26.3 Å². The van der Waals surface area contributed by atoms with E-state index in [4.69, 9.17) is 4.74 Å². The van der Waals surface area contributed by atoms with Gasteiger partial charge in [-0.2, -0.15) is 0 Å². The molecule has 0 aromatic heterocycles. The van der Waals surface area contributed by atoms with E-state index in [9.17, 15) is 4.79 Å². The summed E-state index contributed by atoms with van der Waals surface area (Å²) in [6.07, 6.45) is 0. The number of hydrogen-bond acceptors (Lipinski definition) is 3. The molecule has 4 heteroatoms. The number of nitrogens with zero attached hydrogens (tertiary/aromatic N) is 1. The lowest BCUT2D eigenvalue weighted by Gasteiger charge is -2.27. The van der Waals surface area contributed by atoms with Crippen molar-refractivity contribution >= 4 is 5.91 Å². The summed E-state index contributed by atoms with van der Waals surface area (Å²) in [7, 11) is 1.71. The van der Waals surface area contributed by atoms with Crippen LogP contribution < -0.4 is 5.32 Å². The maximum atomic E-state index is 11.5. The Bertz CT molecular complexity index is 399. The zero-order chi connectivity index (χ0) is 15.0. The first kappa shape index (κ1) is 16.7. The van der Waals surface area contributed by atoms with Gasteiger partial charge >= 0.3 is 0 Å². The third kappa shape index (κ3) is 6.68. The number of piperazine rings is 1. The Kier molecular flexibility index (Phi) is 6.68. The number of amides is 1. The van der Waals surface area contributed by atoms with E-state index in [1.807, 2.05) is 43.9 Å². The molecule has 0 unspecified atom stereocenters. The third-order valence-corrected chi connectivity index (χ3v) is 3.02. The van der Waals surface area contributed by atoms with E-state index in [-0.39, 0.29) is 11.5 Å². The Hall–Kier alpha value is -1.39. The molecule has 1 aliphatic heterocycles. The van der Waals surface area contributed by atoms with Crippen molar-refractivity contribution in [1.29, 1.82) is 0 Å². The van der Waals surface area contributed by atoms with Crippen molar-refractivity contribution in [3.63, 3.8) is 0 Å². The minimum Gasteiger partial charge on any atom is -0.379 e. The summed E-state index contributed by atoms with van der Waals surface area (Å²) in [5.74, 6) is 0.195. The molecular weight excluding hydrogens is 252 g/mol. The van der Waals surface area contributed by atoms with Gasteiger partial charge in [-0.25, -0.2) is 0 Å². The average Bonchev–Trinajstić information content (AvgIpc) is 2.43. The predicted molar refractivity (Wildman–Crippen MR) is 81.5 cm³/mol. The Morgan fingerprint density at radius 3 is 2.35 bits per heavy atom. The van der Waals surface area contributed by atoms with Crippen molar-refractivity contribution in [1.82, 2.24) is 10.2 Å². The fourth-order valence-corrected chi connectivity index (χ4v) is 1.62. The molecule has 1 aliphatic rings. The van der Waals surface area contributed by atoms with Crippen LogP contribution in [0, 0.1) is 0 Å². The Morgan fingerprint density at radius 1 is 1.25 bits per heavy atom. The second-order valence-electron chi connectivity index (χ2n) is 5.79. The van der Waals surface area contributed by atoms with Crippen molar-refractivity contribution < 1.29 is 9.53 Å². The summed E-state index contributed by atoms with van der Waals surface area (Å²) < 4.78 is 4.94. The Morgan fingerprint density at radius 2 is 1.85 bits per heavy atom. The fraction of sp³-hybridized carbons (Fsp3) is 0.562. The SMILES string of the molecule is COC(C)(C)C.O=C1CNCCN1Cc1ccccc1. The molecule has 2 rings (SSSR count). The number of rotatable bonds is 2. The van der Waals surface area contributed by atoms with Crippen LogP contribution in [0.5, 0.6) is 0 Å². The minimum atomic E-state index is 0.0417. The van der Waals surface area contributed by atoms with Crippen LogP contribution in [-0.2, 0) is 16.1 Å². The predicted octanol–water partition coefficient (Wildman–Crippen LogP) is 2.05. The first-order chi connectivity index (χ1) is 9.42. The molecule has 1 N–H and O–H groups in total. The van der Waals surface area contributed by atoms with Gasteiger partial charge in [0, 0.05) is 26.7 Å². The summed E-state index contributed by atoms with van der Waals surface area (Å²) in [6.45, 7) is 8.99. The van der Waals surface area contributed by atoms with Gasteiger partial charge in [-0.1, -0.05) is 30.3 Å². The molecule has 1 aromatic carbocycles. The molecule has 4 nitrogen and oxygen atoms in total. The lowest BCUT2D eigenvalue weighted by atomic mass is 10.2. The highest BCUT2D eigenvalue weighted by molar-refractivity contribution is 5.78. The van der Waals surface area contributed by atoms with Crippen LogP contribution in [0.4, 0.5) is 0 Å². The lowest BCUT2D eigenvalue weighted by Crippen LogP contribution is -2.47. The highest BCUT2D eigenvalue weighted by atomic mass is 16.5. The van der Waals surface area contributed by atoms with E-state index in [1.54, 1.807) is 7.11 Å². The Labute approximate surface area is 122 Å². The van der Waals surface area contributed by atoms with Crippen molar-refractivity contribution in [2.75, 3.05) is 26.7 Å². The summed E-state index contributed by atoms with van der Waals surface area (Å²) in [5, 5.41) is 3.06. The van der Waals surface area contributed by atoms with E-state index >= 15 is 0 Å². The van der Waals surface area contributed by atoms with Crippen LogP contribution in [-0.4, -0.2) is 43.2 Å². The van der Waals surface area contributed by atoms with Crippen LogP contribution in [0.15, 0.2) is 30.3 Å². The largest absolute Gasteiger partial charge is 0.379 e. The molecule has 20 heavy (non-hydrogen) atoms. The molecule has 0 atom stereocenters. The highest BCUT2D eigenvalue weighted by Crippen LogP contribution is 2.05. The van der Waals surface area contributed by atoms with Gasteiger partial charge in [0.2, 0.25) is 5.91 Å². The Balaban J connectivity index is 0.000000286. The van der Waals surface area contributed by atoms with Crippen molar-refractivity contribution in [3.05, 3.63) is 35.9 Å². The lowest BCUT2D eigenvalue weighted by molar-refractivity contribution is -0.132. The normalized spacial score (nSPS) is 15.6. The first-order valence-electron chi connectivity index (χ1n) is 7.00. The number of benzene rings is 1. The fourth-order valence-electron chi connectivity index (χ4n) is 1.62. The zero-order valence-corrected chi connectivity index (χ0v) is 13.0. The molecule has 0 radical (unpaired) electrons. The van der Waals surface area contributed by atoms with Gasteiger partial charge in [0.1, 0.15) is 0 Å². The standard InChI is InChI=1S/C11H14N2O.C5H12O/c14-11-8-12-6-7-13(11)9-10-4-2-1-3-5-10;1-5(2,3)6-4/h1-5,12H,6-9H2;1-4H3. The highest BCUT2D eigenvalue weighted by Gasteiger charge is 2.16. The third-order valence-electron chi connectivity index (χ3n) is 3.02. The molecule has 1 fully saturated rings. The van der Waals surface area contributed by atoms with Crippen LogP contribution in [0.3, 0.4) is 0 Å². The van der Waals surface area contributed by atoms with Gasteiger partial charge in [-0.05, 0) is 26.3 Å². The van der Waals surface area contributed by atoms with Crippen molar-refractivity contribution in [3.8, 4) is 0 Å². The van der Waals surface area contributed by atoms with Crippen LogP contribution >= 0.6 is 0 Å². The smallest absolute Gasteiger partial charge is 0.236 e. The van der Waals surface area contributed by atoms with E-state index in [0.29, 0.717) is 6.54 Å². The van der Waals surface area contributed by atoms with Crippen LogP contribution in [0.25, 0.3) is 0 Å². The van der Waals surface area contributed by atoms with E-state index in [0.717, 1.165) is 19.6 Å². The summed E-state index contributed by atoms with van der Waals surface area (Å²) in [5.41, 5.74) is 1.24. The number of carbonyl (C=O) groups is 1. The van der Waals surface area contributed by atoms with Gasteiger partial charge in [0.25, 0.3) is 0 Å². The second kappa shape index (κ2) is 8.02. The number of carbonyl (C=O) groups excluding carboxylic acids is 1. The first-order valence-corrected chi connectivity index (χ1v) is 7.00. The van der Waals surface area contributed by atoms with Crippen molar-refractivity contribution in [2.24, 2.45) is 0 Å². The van der Waals surface area contributed by atoms with Gasteiger partial charge in [0.05, 0.1) is 12.1 Å². The van der Waals surface area contributed by atoms with Gasteiger partial charge < -0.3 is 15.0 Å². The van der Waals surface area contributed by atoms with Crippen molar-refractivity contribution in [2.45, 2.75) is 32.9 Å². The minimum absolute atomic E-state index is 0.0417. The number of methoxy groups -OCH3 is 1. The molecule has 1 heterocycles. The maximum absolute atomic E-state index is 11.5. The molecule has 0 saturated carbocycles. The molecule has 1 aromatic rings. The molecule has 1 saturated heterocycles. The van der Waals surface area contributed by atoms with Gasteiger partial charge in [-0.3, -0.25) is 4.79 Å². The number of hydrogen-bond donors (Lipinski definition) is 1. The van der Waals surface area contributed by atoms with Gasteiger partial charge in [-0.15, -0.1) is 0 Å². The molecule has 1 amide bonds. The quantitative estimate of drug-likeness (QED) is 0.900. The molecule has 0 spiro atoms. The molecule has 112 valence electrons. The molecule has 0 aliphatic carbocycles.